The molecule has 2 aromatic heterocycles. The predicted octanol–water partition coefficient (Wildman–Crippen LogP) is 19.7. The minimum absolute atomic E-state index is 0.576. The third-order valence-electron chi connectivity index (χ3n) is 18.1. The van der Waals surface area contributed by atoms with Crippen LogP contribution in [-0.4, -0.2) is 9.61 Å². The lowest BCUT2D eigenvalue weighted by Gasteiger charge is -2.35. The first-order chi connectivity index (χ1) is 40.8. The summed E-state index contributed by atoms with van der Waals surface area (Å²) in [6.07, 6.45) is 0. The van der Waals surface area contributed by atoms with Crippen LogP contribution in [0.2, 0.25) is 0 Å². The highest BCUT2D eigenvalue weighted by atomic mass is 15.3. The van der Waals surface area contributed by atoms with Gasteiger partial charge in [0.15, 0.2) is 0 Å². The van der Waals surface area contributed by atoms with Crippen LogP contribution in [0.25, 0.3) is 83.3 Å². The lowest BCUT2D eigenvalue weighted by molar-refractivity contribution is 0.768. The number of benzene rings is 12. The number of pyridine rings is 1. The maximum absolute atomic E-state index is 5.93. The van der Waals surface area contributed by atoms with Crippen LogP contribution in [0, 0.1) is 0 Å². The van der Waals surface area contributed by atoms with Gasteiger partial charge in [-0.3, -0.25) is 0 Å². The Labute approximate surface area is 477 Å². The van der Waals surface area contributed by atoms with Crippen molar-refractivity contribution in [2.24, 2.45) is 0 Å². The van der Waals surface area contributed by atoms with E-state index in [1.165, 1.54) is 77.9 Å². The SMILES string of the molecule is c1ccc(-c2nn3c(-c4ccccc4)c(N(c4cccc5c4-c4ccccc4C5(c4ccccc4)c4ccccc4)c4cccc5c4-c4ccccc4C54c5ccccc5-c5ccccc54)c4ccccc4c3c2-c2ccccc2)cc1. The summed E-state index contributed by atoms with van der Waals surface area (Å²) < 4.78 is 2.29. The van der Waals surface area contributed by atoms with E-state index in [-0.39, 0.29) is 0 Å². The zero-order valence-corrected chi connectivity index (χ0v) is 44.8. The third-order valence-corrected chi connectivity index (χ3v) is 18.1. The highest BCUT2D eigenvalue weighted by Crippen LogP contribution is 2.67. The van der Waals surface area contributed by atoms with Crippen LogP contribution < -0.4 is 4.90 Å². The zero-order valence-electron chi connectivity index (χ0n) is 44.8. The fraction of sp³-hybridized carbons (Fsp3) is 0.0253. The van der Waals surface area contributed by atoms with Crippen molar-refractivity contribution in [3.63, 3.8) is 0 Å². The maximum atomic E-state index is 5.93. The van der Waals surface area contributed by atoms with Crippen molar-refractivity contribution in [1.82, 2.24) is 9.61 Å². The smallest absolute Gasteiger partial charge is 0.101 e. The molecule has 0 unspecified atom stereocenters. The number of nitrogens with zero attached hydrogens (tertiary/aromatic N) is 3. The second-order valence-corrected chi connectivity index (χ2v) is 22.0. The Morgan fingerprint density at radius 1 is 0.280 bits per heavy atom. The molecule has 14 aromatic rings. The van der Waals surface area contributed by atoms with E-state index in [0.717, 1.165) is 67.0 Å². The molecule has 0 atom stereocenters. The second-order valence-electron chi connectivity index (χ2n) is 22.0. The molecule has 0 saturated heterocycles. The van der Waals surface area contributed by atoms with Gasteiger partial charge in [-0.15, -0.1) is 0 Å². The van der Waals surface area contributed by atoms with Crippen molar-refractivity contribution in [1.29, 1.82) is 0 Å². The Kier molecular flexibility index (Phi) is 10.1. The summed E-state index contributed by atoms with van der Waals surface area (Å²) in [4.78, 5) is 2.67. The van der Waals surface area contributed by atoms with Gasteiger partial charge in [0.05, 0.1) is 39.1 Å². The summed E-state index contributed by atoms with van der Waals surface area (Å²) in [5.41, 5.74) is 26.8. The van der Waals surface area contributed by atoms with Crippen molar-refractivity contribution in [3.8, 4) is 67.0 Å². The predicted molar refractivity (Wildman–Crippen MR) is 337 cm³/mol. The topological polar surface area (TPSA) is 20.5 Å². The summed E-state index contributed by atoms with van der Waals surface area (Å²) in [6, 6.07) is 115. The number of rotatable bonds is 8. The van der Waals surface area contributed by atoms with Crippen LogP contribution in [0.4, 0.5) is 17.1 Å². The summed E-state index contributed by atoms with van der Waals surface area (Å²) in [6.45, 7) is 0. The second kappa shape index (κ2) is 18.0. The van der Waals surface area contributed by atoms with Crippen molar-refractivity contribution >= 4 is 33.4 Å². The van der Waals surface area contributed by atoms with Crippen molar-refractivity contribution in [3.05, 3.63) is 354 Å². The summed E-state index contributed by atoms with van der Waals surface area (Å²) in [7, 11) is 0. The molecule has 0 fully saturated rings. The molecule has 3 aliphatic rings. The number of aromatic nitrogens is 2. The molecule has 17 rings (SSSR count). The van der Waals surface area contributed by atoms with E-state index in [9.17, 15) is 0 Å². The number of fused-ring (bicyclic) bond motifs is 16. The Balaban J connectivity index is 1.08. The number of anilines is 3. The van der Waals surface area contributed by atoms with Gasteiger partial charge in [-0.1, -0.05) is 297 Å². The van der Waals surface area contributed by atoms with Crippen LogP contribution in [0.15, 0.2) is 309 Å². The van der Waals surface area contributed by atoms with E-state index >= 15 is 0 Å². The highest BCUT2D eigenvalue weighted by Gasteiger charge is 2.53. The molecular weight excluding hydrogens is 991 g/mol. The van der Waals surface area contributed by atoms with E-state index in [2.05, 4.69) is 319 Å². The standard InChI is InChI=1S/C79H51N3/c1-6-28-52(29-7-1)71-74(53-30-8-2-9-31-53)80-82-75(54-32-10-3-11-33-54)77(60-41-17-16-40-59(60)76(71)82)81(69-50-26-48-67-72(69)61-42-20-24-46-65(61)78(67,55-34-12-4-13-35-55)56-36-14-5-15-37-56)70-51-27-49-68-73(70)62-43-21-25-47-66(62)79(68)63-44-22-18-38-57(63)58-39-19-23-45-64(58)79/h1-51H. The van der Waals surface area contributed by atoms with Gasteiger partial charge in [-0.25, -0.2) is 4.52 Å². The monoisotopic (exact) mass is 1040 g/mol. The van der Waals surface area contributed by atoms with Crippen molar-refractivity contribution < 1.29 is 0 Å². The van der Waals surface area contributed by atoms with Gasteiger partial charge in [0, 0.05) is 38.6 Å². The fourth-order valence-electron chi connectivity index (χ4n) is 15.1. The van der Waals surface area contributed by atoms with E-state index in [1.54, 1.807) is 0 Å². The molecular formula is C79H51N3. The zero-order chi connectivity index (χ0) is 53.9. The first kappa shape index (κ1) is 46.3. The van der Waals surface area contributed by atoms with Gasteiger partial charge in [-0.05, 0) is 84.5 Å². The lowest BCUT2D eigenvalue weighted by atomic mass is 9.68. The van der Waals surface area contributed by atoms with E-state index in [1.807, 2.05) is 0 Å². The fourth-order valence-corrected chi connectivity index (χ4v) is 15.1. The largest absolute Gasteiger partial charge is 0.306 e. The molecule has 0 N–H and O–H groups in total. The summed E-state index contributed by atoms with van der Waals surface area (Å²) >= 11 is 0. The molecule has 3 heteroatoms. The van der Waals surface area contributed by atoms with Crippen LogP contribution in [0.3, 0.4) is 0 Å². The van der Waals surface area contributed by atoms with E-state index in [4.69, 9.17) is 5.10 Å². The van der Waals surface area contributed by atoms with Gasteiger partial charge in [0.2, 0.25) is 0 Å². The number of hydrogen-bond acceptors (Lipinski definition) is 2. The van der Waals surface area contributed by atoms with Gasteiger partial charge in [-0.2, -0.15) is 5.10 Å². The maximum Gasteiger partial charge on any atom is 0.101 e. The minimum Gasteiger partial charge on any atom is -0.306 e. The average Bonchev–Trinajstić information content (AvgIpc) is 3.03. The first-order valence-corrected chi connectivity index (χ1v) is 28.5. The Morgan fingerprint density at radius 2 is 0.659 bits per heavy atom. The van der Waals surface area contributed by atoms with Gasteiger partial charge in [0.1, 0.15) is 5.69 Å². The molecule has 0 radical (unpaired) electrons. The molecule has 0 aliphatic heterocycles. The Morgan fingerprint density at radius 3 is 1.18 bits per heavy atom. The molecule has 82 heavy (non-hydrogen) atoms. The van der Waals surface area contributed by atoms with Gasteiger partial charge >= 0.3 is 0 Å². The summed E-state index contributed by atoms with van der Waals surface area (Å²) in [5, 5.41) is 8.15. The lowest BCUT2D eigenvalue weighted by Crippen LogP contribution is -2.28. The number of hydrogen-bond donors (Lipinski definition) is 0. The van der Waals surface area contributed by atoms with Crippen LogP contribution >= 0.6 is 0 Å². The molecule has 12 aromatic carbocycles. The van der Waals surface area contributed by atoms with E-state index < -0.39 is 10.8 Å². The molecule has 3 aliphatic carbocycles. The third kappa shape index (κ3) is 6.22. The normalized spacial score (nSPS) is 13.6. The minimum atomic E-state index is -0.645. The van der Waals surface area contributed by atoms with Crippen LogP contribution in [0.1, 0.15) is 44.5 Å². The molecule has 1 spiro atoms. The average molecular weight is 1040 g/mol. The Hall–Kier alpha value is -10.6. The van der Waals surface area contributed by atoms with E-state index in [0.29, 0.717) is 0 Å². The molecule has 0 bridgehead atoms. The molecule has 0 amide bonds. The molecule has 3 nitrogen and oxygen atoms in total. The van der Waals surface area contributed by atoms with Gasteiger partial charge in [0.25, 0.3) is 0 Å². The highest BCUT2D eigenvalue weighted by molar-refractivity contribution is 6.18. The van der Waals surface area contributed by atoms with Crippen LogP contribution in [0.5, 0.6) is 0 Å². The first-order valence-electron chi connectivity index (χ1n) is 28.5. The Bertz CT molecular complexity index is 4670. The van der Waals surface area contributed by atoms with Gasteiger partial charge < -0.3 is 4.90 Å². The van der Waals surface area contributed by atoms with Crippen molar-refractivity contribution in [2.75, 3.05) is 4.90 Å². The molecule has 382 valence electrons. The van der Waals surface area contributed by atoms with Crippen LogP contribution in [-0.2, 0) is 10.8 Å². The summed E-state index contributed by atoms with van der Waals surface area (Å²) in [5.74, 6) is 0. The van der Waals surface area contributed by atoms with Crippen molar-refractivity contribution in [2.45, 2.75) is 10.8 Å². The molecule has 0 saturated carbocycles. The quantitative estimate of drug-likeness (QED) is 0.151. The molecule has 2 heterocycles.